The first-order valence-electron chi connectivity index (χ1n) is 6.20. The third-order valence-corrected chi connectivity index (χ3v) is 3.66. The normalized spacial score (nSPS) is 25.8. The molecule has 0 aromatic heterocycles. The van der Waals surface area contributed by atoms with E-state index >= 15 is 0 Å². The van der Waals surface area contributed by atoms with Crippen LogP contribution < -0.4 is 10.6 Å². The summed E-state index contributed by atoms with van der Waals surface area (Å²) < 4.78 is 0. The van der Waals surface area contributed by atoms with Crippen molar-refractivity contribution in [3.05, 3.63) is 23.8 Å². The maximum absolute atomic E-state index is 5.89. The lowest BCUT2D eigenvalue weighted by Crippen LogP contribution is -2.41. The topological polar surface area (TPSA) is 29.3 Å². The number of aryl methyl sites for hydroxylation is 1. The number of hydrogen-bond donors (Lipinski definition) is 1. The predicted molar refractivity (Wildman–Crippen MR) is 70.8 cm³/mol. The Hall–Kier alpha value is -1.18. The first-order valence-corrected chi connectivity index (χ1v) is 6.20. The van der Waals surface area contributed by atoms with Crippen LogP contribution in [0.5, 0.6) is 0 Å². The highest BCUT2D eigenvalue weighted by Gasteiger charge is 2.23. The molecule has 1 saturated heterocycles. The highest BCUT2D eigenvalue weighted by atomic mass is 15.2. The van der Waals surface area contributed by atoms with Gasteiger partial charge in [-0.25, -0.2) is 0 Å². The van der Waals surface area contributed by atoms with Gasteiger partial charge in [-0.15, -0.1) is 0 Å². The molecule has 0 aliphatic carbocycles. The molecule has 2 rings (SSSR count). The van der Waals surface area contributed by atoms with Crippen LogP contribution in [0.3, 0.4) is 0 Å². The van der Waals surface area contributed by atoms with Crippen LogP contribution in [-0.4, -0.2) is 12.6 Å². The Balaban J connectivity index is 2.30. The molecule has 1 aromatic rings. The second kappa shape index (κ2) is 4.36. The standard InChI is InChI=1S/C14H22N2/c1-10-4-6-12(3)16(9-10)14-8-13(15)7-5-11(14)2/h5,7-8,10,12H,4,6,9,15H2,1-3H3. The molecule has 88 valence electrons. The Bertz CT molecular complexity index is 373. The number of rotatable bonds is 1. The van der Waals surface area contributed by atoms with Crippen molar-refractivity contribution in [2.75, 3.05) is 17.2 Å². The molecule has 1 heterocycles. The molecular weight excluding hydrogens is 196 g/mol. The minimum absolute atomic E-state index is 0.636. The van der Waals surface area contributed by atoms with Crippen molar-refractivity contribution in [1.82, 2.24) is 0 Å². The molecule has 2 heteroatoms. The third-order valence-electron chi connectivity index (χ3n) is 3.66. The summed E-state index contributed by atoms with van der Waals surface area (Å²) in [7, 11) is 0. The summed E-state index contributed by atoms with van der Waals surface area (Å²) in [6.07, 6.45) is 2.63. The van der Waals surface area contributed by atoms with Gasteiger partial charge >= 0.3 is 0 Å². The van der Waals surface area contributed by atoms with Gasteiger partial charge in [0.2, 0.25) is 0 Å². The SMILES string of the molecule is Cc1ccc(N)cc1N1CC(C)CCC1C. The minimum Gasteiger partial charge on any atom is -0.399 e. The van der Waals surface area contributed by atoms with Gasteiger partial charge in [0.1, 0.15) is 0 Å². The van der Waals surface area contributed by atoms with E-state index in [1.165, 1.54) is 24.1 Å². The number of nitrogen functional groups attached to an aromatic ring is 1. The lowest BCUT2D eigenvalue weighted by molar-refractivity contribution is 0.390. The molecule has 0 saturated carbocycles. The quantitative estimate of drug-likeness (QED) is 0.733. The molecule has 0 spiro atoms. The monoisotopic (exact) mass is 218 g/mol. The summed E-state index contributed by atoms with van der Waals surface area (Å²) in [5, 5.41) is 0. The molecule has 2 atom stereocenters. The van der Waals surface area contributed by atoms with Crippen LogP contribution in [0.4, 0.5) is 11.4 Å². The number of nitrogens with zero attached hydrogens (tertiary/aromatic N) is 1. The summed E-state index contributed by atoms with van der Waals surface area (Å²) in [4.78, 5) is 2.51. The molecule has 1 aliphatic rings. The van der Waals surface area contributed by atoms with Gasteiger partial charge < -0.3 is 10.6 Å². The second-order valence-electron chi connectivity index (χ2n) is 5.23. The fourth-order valence-electron chi connectivity index (χ4n) is 2.56. The van der Waals surface area contributed by atoms with Crippen LogP contribution in [0.1, 0.15) is 32.3 Å². The van der Waals surface area contributed by atoms with Crippen molar-refractivity contribution in [3.8, 4) is 0 Å². The predicted octanol–water partition coefficient (Wildman–Crippen LogP) is 3.20. The summed E-state index contributed by atoms with van der Waals surface area (Å²) in [5.41, 5.74) is 9.40. The Morgan fingerprint density at radius 1 is 1.25 bits per heavy atom. The van der Waals surface area contributed by atoms with Crippen LogP contribution in [0.25, 0.3) is 0 Å². The number of nitrogens with two attached hydrogens (primary N) is 1. The average molecular weight is 218 g/mol. The van der Waals surface area contributed by atoms with Gasteiger partial charge in [-0.2, -0.15) is 0 Å². The maximum atomic E-state index is 5.89. The summed E-state index contributed by atoms with van der Waals surface area (Å²) in [6.45, 7) is 7.97. The van der Waals surface area contributed by atoms with Crippen LogP contribution in [-0.2, 0) is 0 Å². The fourth-order valence-corrected chi connectivity index (χ4v) is 2.56. The first-order chi connectivity index (χ1) is 7.58. The Morgan fingerprint density at radius 3 is 2.75 bits per heavy atom. The summed E-state index contributed by atoms with van der Waals surface area (Å²) in [6, 6.07) is 6.86. The van der Waals surface area contributed by atoms with Gasteiger partial charge in [0.15, 0.2) is 0 Å². The zero-order valence-electron chi connectivity index (χ0n) is 10.5. The molecule has 0 bridgehead atoms. The average Bonchev–Trinajstić information content (AvgIpc) is 2.25. The van der Waals surface area contributed by atoms with Gasteiger partial charge in [0, 0.05) is 24.0 Å². The molecule has 16 heavy (non-hydrogen) atoms. The van der Waals surface area contributed by atoms with E-state index in [0.29, 0.717) is 6.04 Å². The molecule has 1 aromatic carbocycles. The van der Waals surface area contributed by atoms with E-state index in [1.807, 2.05) is 6.07 Å². The molecule has 1 aliphatic heterocycles. The number of piperidine rings is 1. The lowest BCUT2D eigenvalue weighted by Gasteiger charge is -2.39. The van der Waals surface area contributed by atoms with Gasteiger partial charge in [-0.3, -0.25) is 0 Å². The molecule has 0 amide bonds. The van der Waals surface area contributed by atoms with Gasteiger partial charge in [-0.1, -0.05) is 13.0 Å². The molecule has 2 unspecified atom stereocenters. The van der Waals surface area contributed by atoms with Gasteiger partial charge in [0.05, 0.1) is 0 Å². The van der Waals surface area contributed by atoms with Crippen molar-refractivity contribution in [3.63, 3.8) is 0 Å². The van der Waals surface area contributed by atoms with Crippen LogP contribution >= 0.6 is 0 Å². The van der Waals surface area contributed by atoms with E-state index in [0.717, 1.165) is 18.2 Å². The van der Waals surface area contributed by atoms with E-state index in [1.54, 1.807) is 0 Å². The Labute approximate surface area is 98.4 Å². The van der Waals surface area contributed by atoms with Crippen LogP contribution in [0, 0.1) is 12.8 Å². The molecule has 2 nitrogen and oxygen atoms in total. The highest BCUT2D eigenvalue weighted by molar-refractivity contribution is 5.61. The molecular formula is C14H22N2. The van der Waals surface area contributed by atoms with Crippen molar-refractivity contribution < 1.29 is 0 Å². The number of benzene rings is 1. The smallest absolute Gasteiger partial charge is 0.0419 e. The van der Waals surface area contributed by atoms with E-state index in [9.17, 15) is 0 Å². The summed E-state index contributed by atoms with van der Waals surface area (Å²) in [5.74, 6) is 0.789. The zero-order chi connectivity index (χ0) is 11.7. The molecule has 1 fully saturated rings. The van der Waals surface area contributed by atoms with E-state index in [4.69, 9.17) is 5.73 Å². The second-order valence-corrected chi connectivity index (χ2v) is 5.23. The van der Waals surface area contributed by atoms with Crippen LogP contribution in [0.15, 0.2) is 18.2 Å². The van der Waals surface area contributed by atoms with E-state index < -0.39 is 0 Å². The van der Waals surface area contributed by atoms with Crippen LogP contribution in [0.2, 0.25) is 0 Å². The van der Waals surface area contributed by atoms with E-state index in [-0.39, 0.29) is 0 Å². The van der Waals surface area contributed by atoms with Gasteiger partial charge in [-0.05, 0) is 50.3 Å². The first kappa shape index (κ1) is 11.3. The minimum atomic E-state index is 0.636. The van der Waals surface area contributed by atoms with Crippen molar-refractivity contribution >= 4 is 11.4 Å². The van der Waals surface area contributed by atoms with Crippen molar-refractivity contribution in [2.24, 2.45) is 5.92 Å². The zero-order valence-corrected chi connectivity index (χ0v) is 10.5. The molecule has 2 N–H and O–H groups in total. The molecule has 0 radical (unpaired) electrons. The number of anilines is 2. The van der Waals surface area contributed by atoms with E-state index in [2.05, 4.69) is 37.8 Å². The lowest BCUT2D eigenvalue weighted by atomic mass is 9.94. The maximum Gasteiger partial charge on any atom is 0.0419 e. The van der Waals surface area contributed by atoms with Gasteiger partial charge in [0.25, 0.3) is 0 Å². The fraction of sp³-hybridized carbons (Fsp3) is 0.571. The largest absolute Gasteiger partial charge is 0.399 e. The van der Waals surface area contributed by atoms with Crippen molar-refractivity contribution in [2.45, 2.75) is 39.7 Å². The van der Waals surface area contributed by atoms with Crippen molar-refractivity contribution in [1.29, 1.82) is 0 Å². The highest BCUT2D eigenvalue weighted by Crippen LogP contribution is 2.30. The third kappa shape index (κ3) is 2.16. The summed E-state index contributed by atoms with van der Waals surface area (Å²) >= 11 is 0. The number of hydrogen-bond acceptors (Lipinski definition) is 2. The Kier molecular flexibility index (Phi) is 3.08. The Morgan fingerprint density at radius 2 is 2.00 bits per heavy atom.